The summed E-state index contributed by atoms with van der Waals surface area (Å²) in [6.07, 6.45) is 2.51. The summed E-state index contributed by atoms with van der Waals surface area (Å²) in [5.74, 6) is 0.0340. The lowest BCUT2D eigenvalue weighted by Crippen LogP contribution is -2.48. The van der Waals surface area contributed by atoms with Gasteiger partial charge < -0.3 is 14.4 Å². The van der Waals surface area contributed by atoms with Crippen molar-refractivity contribution in [2.24, 2.45) is 10.8 Å². The number of likely N-dealkylation sites (tertiary alicyclic amines) is 1. The number of hydrogen-bond acceptors (Lipinski definition) is 4. The molecule has 0 spiro atoms. The van der Waals surface area contributed by atoms with Crippen LogP contribution in [0, 0.1) is 10.8 Å². The number of amides is 1. The van der Waals surface area contributed by atoms with E-state index in [-0.39, 0.29) is 17.3 Å². The van der Waals surface area contributed by atoms with Gasteiger partial charge in [-0.15, -0.1) is 0 Å². The fourth-order valence-corrected chi connectivity index (χ4v) is 2.89. The average Bonchev–Trinajstić information content (AvgIpc) is 2.44. The Morgan fingerprint density at radius 1 is 1.18 bits per heavy atom. The average molecular weight is 313 g/mol. The Morgan fingerprint density at radius 2 is 1.77 bits per heavy atom. The van der Waals surface area contributed by atoms with Crippen molar-refractivity contribution in [3.63, 3.8) is 0 Å². The van der Waals surface area contributed by atoms with E-state index in [9.17, 15) is 9.59 Å². The maximum atomic E-state index is 12.4. The summed E-state index contributed by atoms with van der Waals surface area (Å²) in [7, 11) is 1.64. The van der Waals surface area contributed by atoms with E-state index in [4.69, 9.17) is 9.47 Å². The minimum absolute atomic E-state index is 0.0111. The van der Waals surface area contributed by atoms with Gasteiger partial charge in [0.2, 0.25) is 5.91 Å². The first kappa shape index (κ1) is 18.9. The second kappa shape index (κ2) is 7.95. The number of ether oxygens (including phenoxy) is 2. The molecule has 0 unspecified atom stereocenters. The first-order valence-electron chi connectivity index (χ1n) is 8.18. The van der Waals surface area contributed by atoms with Crippen LogP contribution in [0.3, 0.4) is 0 Å². The third-order valence-electron chi connectivity index (χ3n) is 4.25. The SMILES string of the molecule is CCOC(=O)C1(CCOC)CCN(C(=O)CC(C)(C)C)CC1. The third kappa shape index (κ3) is 5.27. The summed E-state index contributed by atoms with van der Waals surface area (Å²) in [5, 5.41) is 0. The largest absolute Gasteiger partial charge is 0.466 e. The molecule has 1 heterocycles. The van der Waals surface area contributed by atoms with Crippen molar-refractivity contribution in [2.45, 2.75) is 53.4 Å². The number of nitrogens with zero attached hydrogens (tertiary/aromatic N) is 1. The highest BCUT2D eigenvalue weighted by molar-refractivity contribution is 5.79. The molecule has 0 bridgehead atoms. The van der Waals surface area contributed by atoms with Crippen LogP contribution in [0.15, 0.2) is 0 Å². The first-order valence-corrected chi connectivity index (χ1v) is 8.18. The van der Waals surface area contributed by atoms with Crippen molar-refractivity contribution in [3.05, 3.63) is 0 Å². The predicted octanol–water partition coefficient (Wildman–Crippen LogP) is 2.63. The lowest BCUT2D eigenvalue weighted by molar-refractivity contribution is -0.162. The Labute approximate surface area is 134 Å². The Balaban J connectivity index is 2.68. The summed E-state index contributed by atoms with van der Waals surface area (Å²) in [6.45, 7) is 10.2. The summed E-state index contributed by atoms with van der Waals surface area (Å²) >= 11 is 0. The molecule has 0 radical (unpaired) electrons. The summed E-state index contributed by atoms with van der Waals surface area (Å²) < 4.78 is 10.4. The Kier molecular flexibility index (Phi) is 6.85. The fourth-order valence-electron chi connectivity index (χ4n) is 2.89. The van der Waals surface area contributed by atoms with Gasteiger partial charge in [0.05, 0.1) is 12.0 Å². The van der Waals surface area contributed by atoms with Gasteiger partial charge >= 0.3 is 5.97 Å². The minimum atomic E-state index is -0.496. The van der Waals surface area contributed by atoms with Gasteiger partial charge in [-0.2, -0.15) is 0 Å². The molecule has 1 amide bonds. The molecule has 0 aliphatic carbocycles. The zero-order chi connectivity index (χ0) is 16.8. The molecule has 0 atom stereocenters. The van der Waals surface area contributed by atoms with E-state index in [2.05, 4.69) is 20.8 Å². The number of carbonyl (C=O) groups excluding carboxylic acids is 2. The van der Waals surface area contributed by atoms with Gasteiger partial charge in [-0.25, -0.2) is 0 Å². The molecule has 5 nitrogen and oxygen atoms in total. The highest BCUT2D eigenvalue weighted by atomic mass is 16.5. The topological polar surface area (TPSA) is 55.8 Å². The van der Waals surface area contributed by atoms with Gasteiger partial charge in [0, 0.05) is 33.2 Å². The highest BCUT2D eigenvalue weighted by Crippen LogP contribution is 2.37. The Hall–Kier alpha value is -1.10. The van der Waals surface area contributed by atoms with Crippen LogP contribution in [-0.2, 0) is 19.1 Å². The lowest BCUT2D eigenvalue weighted by atomic mass is 9.75. The summed E-state index contributed by atoms with van der Waals surface area (Å²) in [6, 6.07) is 0. The molecule has 1 aliphatic heterocycles. The molecule has 0 aromatic rings. The Bertz CT molecular complexity index is 379. The van der Waals surface area contributed by atoms with E-state index in [1.165, 1.54) is 0 Å². The monoisotopic (exact) mass is 313 g/mol. The van der Waals surface area contributed by atoms with Crippen LogP contribution in [-0.4, -0.2) is 50.2 Å². The van der Waals surface area contributed by atoms with Crippen molar-refractivity contribution in [1.82, 2.24) is 4.90 Å². The third-order valence-corrected chi connectivity index (χ3v) is 4.25. The van der Waals surface area contributed by atoms with E-state index in [0.29, 0.717) is 52.0 Å². The maximum Gasteiger partial charge on any atom is 0.312 e. The molecule has 1 rings (SSSR count). The molecule has 0 aromatic heterocycles. The molecule has 0 saturated carbocycles. The molecule has 5 heteroatoms. The fraction of sp³-hybridized carbons (Fsp3) is 0.882. The van der Waals surface area contributed by atoms with E-state index in [0.717, 1.165) is 0 Å². The van der Waals surface area contributed by atoms with Gasteiger partial charge in [-0.05, 0) is 31.6 Å². The van der Waals surface area contributed by atoms with Gasteiger partial charge in [0.15, 0.2) is 0 Å². The second-order valence-electron chi connectivity index (χ2n) is 7.36. The van der Waals surface area contributed by atoms with Gasteiger partial charge in [-0.1, -0.05) is 20.8 Å². The van der Waals surface area contributed by atoms with Crippen molar-refractivity contribution < 1.29 is 19.1 Å². The molecule has 1 saturated heterocycles. The number of carbonyl (C=O) groups is 2. The van der Waals surface area contributed by atoms with Crippen LogP contribution in [0.5, 0.6) is 0 Å². The molecule has 1 fully saturated rings. The van der Waals surface area contributed by atoms with Crippen LogP contribution < -0.4 is 0 Å². The van der Waals surface area contributed by atoms with Gasteiger partial charge in [-0.3, -0.25) is 9.59 Å². The quantitative estimate of drug-likeness (QED) is 0.707. The lowest BCUT2D eigenvalue weighted by Gasteiger charge is -2.40. The van der Waals surface area contributed by atoms with Gasteiger partial charge in [0.25, 0.3) is 0 Å². The minimum Gasteiger partial charge on any atom is -0.466 e. The maximum absolute atomic E-state index is 12.4. The number of methoxy groups -OCH3 is 1. The number of piperidine rings is 1. The normalized spacial score (nSPS) is 18.1. The highest BCUT2D eigenvalue weighted by Gasteiger charge is 2.43. The number of esters is 1. The zero-order valence-corrected chi connectivity index (χ0v) is 14.7. The molecular weight excluding hydrogens is 282 g/mol. The van der Waals surface area contributed by atoms with Crippen molar-refractivity contribution in [2.75, 3.05) is 33.4 Å². The van der Waals surface area contributed by atoms with Crippen LogP contribution in [0.4, 0.5) is 0 Å². The zero-order valence-electron chi connectivity index (χ0n) is 14.7. The van der Waals surface area contributed by atoms with E-state index < -0.39 is 5.41 Å². The molecule has 128 valence electrons. The Morgan fingerprint density at radius 3 is 2.23 bits per heavy atom. The van der Waals surface area contributed by atoms with Crippen LogP contribution >= 0.6 is 0 Å². The molecular formula is C17H31NO4. The first-order chi connectivity index (χ1) is 10.2. The van der Waals surface area contributed by atoms with Crippen LogP contribution in [0.1, 0.15) is 53.4 Å². The standard InChI is InChI=1S/C17H31NO4/c1-6-22-15(20)17(9-12-21-5)7-10-18(11-8-17)14(19)13-16(2,3)4/h6-13H2,1-5H3. The van der Waals surface area contributed by atoms with Crippen LogP contribution in [0.2, 0.25) is 0 Å². The van der Waals surface area contributed by atoms with Crippen molar-refractivity contribution >= 4 is 11.9 Å². The number of rotatable bonds is 6. The molecule has 22 heavy (non-hydrogen) atoms. The summed E-state index contributed by atoms with van der Waals surface area (Å²) in [4.78, 5) is 26.6. The molecule has 0 N–H and O–H groups in total. The molecule has 0 aromatic carbocycles. The second-order valence-corrected chi connectivity index (χ2v) is 7.36. The number of hydrogen-bond donors (Lipinski definition) is 0. The van der Waals surface area contributed by atoms with Crippen molar-refractivity contribution in [1.29, 1.82) is 0 Å². The summed E-state index contributed by atoms with van der Waals surface area (Å²) in [5.41, 5.74) is -0.507. The predicted molar refractivity (Wildman–Crippen MR) is 85.4 cm³/mol. The smallest absolute Gasteiger partial charge is 0.312 e. The van der Waals surface area contributed by atoms with E-state index in [1.807, 2.05) is 11.8 Å². The van der Waals surface area contributed by atoms with E-state index >= 15 is 0 Å². The van der Waals surface area contributed by atoms with Crippen molar-refractivity contribution in [3.8, 4) is 0 Å². The van der Waals surface area contributed by atoms with Gasteiger partial charge in [0.1, 0.15) is 0 Å². The van der Waals surface area contributed by atoms with E-state index in [1.54, 1.807) is 7.11 Å². The molecule has 1 aliphatic rings. The van der Waals surface area contributed by atoms with Crippen LogP contribution in [0.25, 0.3) is 0 Å².